The number of fused-ring (bicyclic) bond motifs is 1. The average molecular weight is 232 g/mol. The predicted molar refractivity (Wildman–Crippen MR) is 66.9 cm³/mol. The minimum Gasteiger partial charge on any atom is -0.394 e. The number of carbonyl (C=O) groups excluding carboxylic acids is 1. The Morgan fingerprint density at radius 3 is 2.88 bits per heavy atom. The summed E-state index contributed by atoms with van der Waals surface area (Å²) >= 11 is 0. The zero-order chi connectivity index (χ0) is 12.4. The SMILES string of the molecule is CC(CO)NC(=O)c1cn(C)c2ccccc12. The van der Waals surface area contributed by atoms with Crippen LogP contribution in [0.25, 0.3) is 10.9 Å². The number of aromatic nitrogens is 1. The Morgan fingerprint density at radius 1 is 1.47 bits per heavy atom. The molecule has 0 radical (unpaired) electrons. The Bertz CT molecular complexity index is 545. The zero-order valence-corrected chi connectivity index (χ0v) is 9.97. The van der Waals surface area contributed by atoms with Crippen molar-refractivity contribution >= 4 is 16.8 Å². The molecular weight excluding hydrogens is 216 g/mol. The van der Waals surface area contributed by atoms with Gasteiger partial charge in [0.15, 0.2) is 0 Å². The van der Waals surface area contributed by atoms with Crippen LogP contribution in [0.4, 0.5) is 0 Å². The molecule has 0 saturated carbocycles. The van der Waals surface area contributed by atoms with E-state index in [-0.39, 0.29) is 18.6 Å². The second-order valence-corrected chi connectivity index (χ2v) is 4.23. The predicted octanol–water partition coefficient (Wildman–Crippen LogP) is 1.29. The lowest BCUT2D eigenvalue weighted by Crippen LogP contribution is -2.34. The van der Waals surface area contributed by atoms with E-state index in [4.69, 9.17) is 5.11 Å². The van der Waals surface area contributed by atoms with Crippen molar-refractivity contribution in [2.75, 3.05) is 6.61 Å². The van der Waals surface area contributed by atoms with Crippen molar-refractivity contribution in [3.05, 3.63) is 36.0 Å². The first-order chi connectivity index (χ1) is 8.13. The van der Waals surface area contributed by atoms with Gasteiger partial charge in [-0.2, -0.15) is 0 Å². The third-order valence-electron chi connectivity index (χ3n) is 2.79. The van der Waals surface area contributed by atoms with Crippen molar-refractivity contribution in [1.29, 1.82) is 0 Å². The quantitative estimate of drug-likeness (QED) is 0.837. The molecular formula is C13H16N2O2. The summed E-state index contributed by atoms with van der Waals surface area (Å²) < 4.78 is 1.92. The summed E-state index contributed by atoms with van der Waals surface area (Å²) in [4.78, 5) is 12.0. The van der Waals surface area contributed by atoms with Crippen molar-refractivity contribution in [3.63, 3.8) is 0 Å². The molecule has 1 atom stereocenters. The van der Waals surface area contributed by atoms with E-state index in [1.165, 1.54) is 0 Å². The molecule has 1 unspecified atom stereocenters. The largest absolute Gasteiger partial charge is 0.394 e. The molecule has 1 aromatic heterocycles. The summed E-state index contributed by atoms with van der Waals surface area (Å²) in [5.74, 6) is -0.150. The molecule has 4 heteroatoms. The standard InChI is InChI=1S/C13H16N2O2/c1-9(8-16)14-13(17)11-7-15(2)12-6-4-3-5-10(11)12/h3-7,9,16H,8H2,1-2H3,(H,14,17). The van der Waals surface area contributed by atoms with Gasteiger partial charge >= 0.3 is 0 Å². The first-order valence-electron chi connectivity index (χ1n) is 5.59. The number of hydrogen-bond acceptors (Lipinski definition) is 2. The van der Waals surface area contributed by atoms with Gasteiger partial charge in [-0.3, -0.25) is 4.79 Å². The van der Waals surface area contributed by atoms with Crippen LogP contribution in [0.5, 0.6) is 0 Å². The van der Waals surface area contributed by atoms with Crippen LogP contribution in [0.3, 0.4) is 0 Å². The zero-order valence-electron chi connectivity index (χ0n) is 9.97. The smallest absolute Gasteiger partial charge is 0.253 e. The molecule has 1 aromatic carbocycles. The van der Waals surface area contributed by atoms with Crippen molar-refractivity contribution in [2.45, 2.75) is 13.0 Å². The Kier molecular flexibility index (Phi) is 3.15. The van der Waals surface area contributed by atoms with Gasteiger partial charge in [0, 0.05) is 30.2 Å². The maximum absolute atomic E-state index is 12.0. The number of rotatable bonds is 3. The second kappa shape index (κ2) is 4.59. The summed E-state index contributed by atoms with van der Waals surface area (Å²) in [6, 6.07) is 7.52. The topological polar surface area (TPSA) is 54.3 Å². The molecule has 0 bridgehead atoms. The van der Waals surface area contributed by atoms with Crippen LogP contribution in [0.2, 0.25) is 0 Å². The van der Waals surface area contributed by atoms with Crippen molar-refractivity contribution in [2.24, 2.45) is 7.05 Å². The molecule has 2 aromatic rings. The highest BCUT2D eigenvalue weighted by molar-refractivity contribution is 6.07. The Morgan fingerprint density at radius 2 is 2.18 bits per heavy atom. The number of aliphatic hydroxyl groups is 1. The lowest BCUT2D eigenvalue weighted by Gasteiger charge is -2.09. The fourth-order valence-electron chi connectivity index (χ4n) is 1.87. The van der Waals surface area contributed by atoms with Crippen LogP contribution in [0.1, 0.15) is 17.3 Å². The molecule has 0 saturated heterocycles. The lowest BCUT2D eigenvalue weighted by molar-refractivity contribution is 0.0924. The molecule has 0 spiro atoms. The number of aliphatic hydroxyl groups excluding tert-OH is 1. The molecule has 0 aliphatic rings. The number of amides is 1. The van der Waals surface area contributed by atoms with Crippen molar-refractivity contribution in [1.82, 2.24) is 9.88 Å². The lowest BCUT2D eigenvalue weighted by atomic mass is 10.1. The molecule has 0 aliphatic carbocycles. The molecule has 4 nitrogen and oxygen atoms in total. The number of benzene rings is 1. The summed E-state index contributed by atoms with van der Waals surface area (Å²) in [7, 11) is 1.91. The number of nitrogens with zero attached hydrogens (tertiary/aromatic N) is 1. The van der Waals surface area contributed by atoms with Crippen LogP contribution in [0.15, 0.2) is 30.5 Å². The number of para-hydroxylation sites is 1. The normalized spacial score (nSPS) is 12.6. The third kappa shape index (κ3) is 2.17. The Labute approximate surface area is 99.9 Å². The molecule has 90 valence electrons. The summed E-state index contributed by atoms with van der Waals surface area (Å²) in [5, 5.41) is 12.6. The van der Waals surface area contributed by atoms with Gasteiger partial charge in [-0.15, -0.1) is 0 Å². The number of nitrogens with one attached hydrogen (secondary N) is 1. The molecule has 2 rings (SSSR count). The minimum atomic E-state index is -0.235. The van der Waals surface area contributed by atoms with Gasteiger partial charge in [0.25, 0.3) is 5.91 Å². The van der Waals surface area contributed by atoms with E-state index < -0.39 is 0 Å². The average Bonchev–Trinajstić information content (AvgIpc) is 2.67. The van der Waals surface area contributed by atoms with Crippen LogP contribution >= 0.6 is 0 Å². The van der Waals surface area contributed by atoms with E-state index in [9.17, 15) is 4.79 Å². The van der Waals surface area contributed by atoms with Crippen molar-refractivity contribution in [3.8, 4) is 0 Å². The molecule has 17 heavy (non-hydrogen) atoms. The van der Waals surface area contributed by atoms with Gasteiger partial charge in [-0.25, -0.2) is 0 Å². The Balaban J connectivity index is 2.39. The Hall–Kier alpha value is -1.81. The fourth-order valence-corrected chi connectivity index (χ4v) is 1.87. The van der Waals surface area contributed by atoms with E-state index in [1.807, 2.05) is 42.1 Å². The van der Waals surface area contributed by atoms with Gasteiger partial charge in [0.05, 0.1) is 12.2 Å². The van der Waals surface area contributed by atoms with E-state index >= 15 is 0 Å². The van der Waals surface area contributed by atoms with Crippen LogP contribution in [-0.4, -0.2) is 28.2 Å². The van der Waals surface area contributed by atoms with Crippen molar-refractivity contribution < 1.29 is 9.90 Å². The summed E-state index contributed by atoms with van der Waals surface area (Å²) in [5.41, 5.74) is 1.66. The molecule has 1 amide bonds. The summed E-state index contributed by atoms with van der Waals surface area (Å²) in [6.45, 7) is 1.71. The van der Waals surface area contributed by atoms with Gasteiger partial charge in [-0.05, 0) is 13.0 Å². The van der Waals surface area contributed by atoms with E-state index in [0.717, 1.165) is 10.9 Å². The summed E-state index contributed by atoms with van der Waals surface area (Å²) in [6.07, 6.45) is 1.81. The molecule has 2 N–H and O–H groups in total. The van der Waals surface area contributed by atoms with Crippen LogP contribution in [0, 0.1) is 0 Å². The first-order valence-corrected chi connectivity index (χ1v) is 5.59. The van der Waals surface area contributed by atoms with Gasteiger partial charge in [0.1, 0.15) is 0 Å². The van der Waals surface area contributed by atoms with E-state index in [0.29, 0.717) is 5.56 Å². The van der Waals surface area contributed by atoms with E-state index in [2.05, 4.69) is 5.32 Å². The maximum Gasteiger partial charge on any atom is 0.253 e. The van der Waals surface area contributed by atoms with E-state index in [1.54, 1.807) is 6.92 Å². The number of hydrogen-bond donors (Lipinski definition) is 2. The monoisotopic (exact) mass is 232 g/mol. The first kappa shape index (κ1) is 11.7. The maximum atomic E-state index is 12.0. The minimum absolute atomic E-state index is 0.0590. The highest BCUT2D eigenvalue weighted by Crippen LogP contribution is 2.20. The number of aryl methyl sites for hydroxylation is 1. The van der Waals surface area contributed by atoms with Gasteiger partial charge < -0.3 is 15.0 Å². The molecule has 0 fully saturated rings. The fraction of sp³-hybridized carbons (Fsp3) is 0.308. The highest BCUT2D eigenvalue weighted by Gasteiger charge is 2.14. The van der Waals surface area contributed by atoms with Gasteiger partial charge in [0.2, 0.25) is 0 Å². The van der Waals surface area contributed by atoms with Gasteiger partial charge in [-0.1, -0.05) is 18.2 Å². The molecule has 0 aliphatic heterocycles. The second-order valence-electron chi connectivity index (χ2n) is 4.23. The third-order valence-corrected chi connectivity index (χ3v) is 2.79. The highest BCUT2D eigenvalue weighted by atomic mass is 16.3. The number of carbonyl (C=O) groups is 1. The molecule has 1 heterocycles. The van der Waals surface area contributed by atoms with Crippen LogP contribution < -0.4 is 5.32 Å². The van der Waals surface area contributed by atoms with Crippen LogP contribution in [-0.2, 0) is 7.05 Å².